The molecule has 2 aliphatic rings. The maximum atomic E-state index is 12.8. The SMILES string of the molecule is CCCCC/C=C\C/C=C\CCCCCCCCC1(CCCCCCCC/C=C\C/C=C\CCCCC)OC[C@H](CN(C)CC(=O)NCCOCCOCCO[C@@H]2OOC2[C@H](O)[C@H](O)C(C)CO)O1. The van der Waals surface area contributed by atoms with E-state index in [0.29, 0.717) is 39.5 Å². The quantitative estimate of drug-likeness (QED) is 0.0260. The molecule has 4 N–H and O–H groups in total. The molecule has 2 heterocycles. The molecule has 0 aromatic heterocycles. The van der Waals surface area contributed by atoms with E-state index in [9.17, 15) is 20.1 Å². The standard InChI is InChI=1S/C56H102N2O11/c1-5-7-9-11-13-15-17-19-21-23-25-27-29-31-33-35-37-56(38-36-34-32-30-28-26-24-22-20-18-16-14-12-10-8-6-2)66-48-50(67-56)45-58(4)46-51(60)57-39-40-63-41-42-64-43-44-65-55-54(68-69-55)53(62)52(61)49(3)47-59/h13-16,19-22,49-50,52-55,59,61-62H,5-12,17-18,23-48H2,1-4H3,(H,57,60)/b15-13-,16-14-,21-19-,22-20-/t49?,50-,52+,53+,54?,55+/m0/s1. The van der Waals surface area contributed by atoms with E-state index in [1.165, 1.54) is 128 Å². The lowest BCUT2D eigenvalue weighted by molar-refractivity contribution is -0.532. The summed E-state index contributed by atoms with van der Waals surface area (Å²) in [7, 11) is 1.96. The summed E-state index contributed by atoms with van der Waals surface area (Å²) < 4.78 is 30.0. The Morgan fingerprint density at radius 3 is 1.68 bits per heavy atom. The third kappa shape index (κ3) is 32.6. The first kappa shape index (κ1) is 63.1. The molecule has 2 rings (SSSR count). The Balaban J connectivity index is 1.62. The molecule has 2 fully saturated rings. The topological polar surface area (TPSA) is 158 Å². The van der Waals surface area contributed by atoms with Crippen LogP contribution in [0.15, 0.2) is 48.6 Å². The number of ether oxygens (including phenoxy) is 5. The van der Waals surface area contributed by atoms with Gasteiger partial charge in [0.05, 0.1) is 58.4 Å². The van der Waals surface area contributed by atoms with Crippen molar-refractivity contribution in [1.29, 1.82) is 0 Å². The molecule has 6 atom stereocenters. The van der Waals surface area contributed by atoms with Crippen LogP contribution in [0.2, 0.25) is 0 Å². The predicted molar refractivity (Wildman–Crippen MR) is 278 cm³/mol. The number of nitrogens with zero attached hydrogens (tertiary/aromatic N) is 1. The van der Waals surface area contributed by atoms with Crippen molar-refractivity contribution in [2.75, 3.05) is 72.9 Å². The van der Waals surface area contributed by atoms with E-state index in [1.54, 1.807) is 6.92 Å². The van der Waals surface area contributed by atoms with Crippen LogP contribution in [0.4, 0.5) is 0 Å². The molecule has 69 heavy (non-hydrogen) atoms. The van der Waals surface area contributed by atoms with E-state index in [4.69, 9.17) is 33.5 Å². The van der Waals surface area contributed by atoms with Gasteiger partial charge in [-0.05, 0) is 84.1 Å². The van der Waals surface area contributed by atoms with Gasteiger partial charge >= 0.3 is 0 Å². The van der Waals surface area contributed by atoms with E-state index in [1.807, 2.05) is 11.9 Å². The number of carbonyl (C=O) groups excluding carboxylic acids is 1. The summed E-state index contributed by atoms with van der Waals surface area (Å²) in [5.74, 6) is -1.10. The fourth-order valence-corrected chi connectivity index (χ4v) is 8.52. The van der Waals surface area contributed by atoms with Gasteiger partial charge in [0.15, 0.2) is 11.9 Å². The Bertz CT molecular complexity index is 1270. The van der Waals surface area contributed by atoms with Crippen molar-refractivity contribution in [2.24, 2.45) is 5.92 Å². The highest BCUT2D eigenvalue weighted by molar-refractivity contribution is 5.77. The van der Waals surface area contributed by atoms with Crippen molar-refractivity contribution in [3.8, 4) is 0 Å². The molecular weight excluding hydrogens is 877 g/mol. The first-order chi connectivity index (χ1) is 33.7. The summed E-state index contributed by atoms with van der Waals surface area (Å²) in [6.07, 6.45) is 45.8. The molecule has 2 unspecified atom stereocenters. The Morgan fingerprint density at radius 2 is 1.17 bits per heavy atom. The van der Waals surface area contributed by atoms with E-state index in [-0.39, 0.29) is 38.4 Å². The van der Waals surface area contributed by atoms with Gasteiger partial charge in [-0.2, -0.15) is 0 Å². The maximum absolute atomic E-state index is 12.8. The van der Waals surface area contributed by atoms with Gasteiger partial charge in [0, 0.05) is 38.5 Å². The average Bonchev–Trinajstić information content (AvgIpc) is 3.73. The zero-order valence-electron chi connectivity index (χ0n) is 44.1. The van der Waals surface area contributed by atoms with Crippen LogP contribution in [-0.4, -0.2) is 136 Å². The highest BCUT2D eigenvalue weighted by atomic mass is 17.3. The summed E-state index contributed by atoms with van der Waals surface area (Å²) in [5.41, 5.74) is 0. The summed E-state index contributed by atoms with van der Waals surface area (Å²) in [4.78, 5) is 24.5. The van der Waals surface area contributed by atoms with Crippen molar-refractivity contribution in [1.82, 2.24) is 10.2 Å². The molecule has 0 bridgehead atoms. The number of hydrogen-bond donors (Lipinski definition) is 4. The van der Waals surface area contributed by atoms with Gasteiger partial charge in [0.25, 0.3) is 0 Å². The molecule has 2 saturated heterocycles. The molecule has 1 amide bonds. The van der Waals surface area contributed by atoms with Gasteiger partial charge in [-0.1, -0.05) is 146 Å². The van der Waals surface area contributed by atoms with Crippen LogP contribution in [0.3, 0.4) is 0 Å². The Kier molecular flexibility index (Phi) is 39.8. The van der Waals surface area contributed by atoms with Gasteiger partial charge in [-0.15, -0.1) is 0 Å². The molecule has 0 spiro atoms. The number of allylic oxidation sites excluding steroid dienone is 8. The van der Waals surface area contributed by atoms with Gasteiger partial charge in [-0.3, -0.25) is 9.69 Å². The number of amides is 1. The summed E-state index contributed by atoms with van der Waals surface area (Å²) in [6.45, 7) is 9.24. The van der Waals surface area contributed by atoms with E-state index >= 15 is 0 Å². The zero-order chi connectivity index (χ0) is 49.9. The number of hydrogen-bond acceptors (Lipinski definition) is 12. The van der Waals surface area contributed by atoms with Crippen molar-refractivity contribution in [3.05, 3.63) is 48.6 Å². The third-order valence-corrected chi connectivity index (χ3v) is 12.9. The van der Waals surface area contributed by atoms with Gasteiger partial charge in [-0.25, -0.2) is 9.78 Å². The summed E-state index contributed by atoms with van der Waals surface area (Å²) in [5, 5.41) is 32.5. The minimum absolute atomic E-state index is 0.0636. The normalized spacial score (nSPS) is 19.7. The van der Waals surface area contributed by atoms with Crippen LogP contribution in [0.25, 0.3) is 0 Å². The summed E-state index contributed by atoms with van der Waals surface area (Å²) >= 11 is 0. The minimum atomic E-state index is -1.25. The third-order valence-electron chi connectivity index (χ3n) is 12.9. The number of aliphatic hydroxyl groups excluding tert-OH is 3. The largest absolute Gasteiger partial charge is 0.396 e. The Hall–Kier alpha value is -2.01. The van der Waals surface area contributed by atoms with Gasteiger partial charge in [0.2, 0.25) is 12.2 Å². The smallest absolute Gasteiger partial charge is 0.234 e. The number of carbonyl (C=O) groups is 1. The Morgan fingerprint density at radius 1 is 0.681 bits per heavy atom. The first-order valence-corrected chi connectivity index (χ1v) is 27.7. The van der Waals surface area contributed by atoms with Crippen molar-refractivity contribution in [3.63, 3.8) is 0 Å². The lowest BCUT2D eigenvalue weighted by atomic mass is 9.96. The lowest BCUT2D eigenvalue weighted by Crippen LogP contribution is -2.57. The number of rotatable bonds is 48. The first-order valence-electron chi connectivity index (χ1n) is 27.7. The number of aliphatic hydroxyl groups is 3. The second-order valence-electron chi connectivity index (χ2n) is 19.4. The Labute approximate surface area is 420 Å². The van der Waals surface area contributed by atoms with Crippen LogP contribution < -0.4 is 5.32 Å². The van der Waals surface area contributed by atoms with E-state index in [0.717, 1.165) is 38.5 Å². The molecule has 0 aromatic carbocycles. The van der Waals surface area contributed by atoms with Crippen molar-refractivity contribution in [2.45, 2.75) is 224 Å². The molecular formula is C56H102N2O11. The average molecular weight is 979 g/mol. The second-order valence-corrected chi connectivity index (χ2v) is 19.4. The molecule has 402 valence electrons. The number of nitrogens with one attached hydrogen (secondary N) is 1. The fraction of sp³-hybridized carbons (Fsp3) is 0.839. The van der Waals surface area contributed by atoms with Crippen LogP contribution in [0.1, 0.15) is 188 Å². The monoisotopic (exact) mass is 979 g/mol. The molecule has 13 heteroatoms. The molecule has 0 radical (unpaired) electrons. The number of unbranched alkanes of at least 4 members (excludes halogenated alkanes) is 18. The van der Waals surface area contributed by atoms with Crippen molar-refractivity contribution >= 4 is 5.91 Å². The zero-order valence-corrected chi connectivity index (χ0v) is 44.1. The van der Waals surface area contributed by atoms with E-state index < -0.39 is 36.3 Å². The predicted octanol–water partition coefficient (Wildman–Crippen LogP) is 10.6. The molecule has 0 aliphatic carbocycles. The molecule has 0 saturated carbocycles. The van der Waals surface area contributed by atoms with Crippen LogP contribution in [-0.2, 0) is 38.3 Å². The van der Waals surface area contributed by atoms with Crippen molar-refractivity contribution < 1.29 is 53.6 Å². The van der Waals surface area contributed by atoms with Crippen LogP contribution >= 0.6 is 0 Å². The highest BCUT2D eigenvalue weighted by Crippen LogP contribution is 2.35. The van der Waals surface area contributed by atoms with Gasteiger partial charge < -0.3 is 44.3 Å². The molecule has 2 aliphatic heterocycles. The lowest BCUT2D eigenvalue weighted by Gasteiger charge is -2.39. The second kappa shape index (κ2) is 43.6. The molecule has 0 aromatic rings. The maximum Gasteiger partial charge on any atom is 0.234 e. The summed E-state index contributed by atoms with van der Waals surface area (Å²) in [6, 6.07) is 0. The van der Waals surface area contributed by atoms with Gasteiger partial charge in [0.1, 0.15) is 6.10 Å². The number of likely N-dealkylation sites (N-methyl/N-ethyl adjacent to an activating group) is 1. The van der Waals surface area contributed by atoms with Crippen LogP contribution in [0, 0.1) is 5.92 Å². The minimum Gasteiger partial charge on any atom is -0.396 e. The van der Waals surface area contributed by atoms with E-state index in [2.05, 4.69) is 67.8 Å². The van der Waals surface area contributed by atoms with Crippen LogP contribution in [0.5, 0.6) is 0 Å². The highest BCUT2D eigenvalue weighted by Gasteiger charge is 2.45. The fourth-order valence-electron chi connectivity index (χ4n) is 8.52. The molecule has 13 nitrogen and oxygen atoms in total.